The summed E-state index contributed by atoms with van der Waals surface area (Å²) in [5.41, 5.74) is 0.243. The minimum atomic E-state index is -0.237. The van der Waals surface area contributed by atoms with Gasteiger partial charge in [-0.3, -0.25) is 4.79 Å². The molecule has 0 aliphatic rings. The van der Waals surface area contributed by atoms with E-state index in [1.807, 2.05) is 49.4 Å². The van der Waals surface area contributed by atoms with Crippen molar-refractivity contribution in [1.82, 2.24) is 9.88 Å². The first kappa shape index (κ1) is 15.9. The van der Waals surface area contributed by atoms with E-state index in [4.69, 9.17) is 13.6 Å². The summed E-state index contributed by atoms with van der Waals surface area (Å²) < 4.78 is 16.3. The molecule has 3 rings (SSSR count). The Balaban J connectivity index is 1.58. The van der Waals surface area contributed by atoms with Crippen molar-refractivity contribution in [3.8, 4) is 5.75 Å². The summed E-state index contributed by atoms with van der Waals surface area (Å²) in [5.74, 6) is 2.37. The molecule has 0 unspecified atom stereocenters. The zero-order chi connectivity index (χ0) is 16.9. The SMILES string of the molecule is Cc1ccc(CN(C)C(=O)c2coc(COc3ccccc3)n2)o1. The number of carbonyl (C=O) groups is 1. The average molecular weight is 326 g/mol. The molecule has 0 aliphatic heterocycles. The number of hydrogen-bond acceptors (Lipinski definition) is 5. The first-order chi connectivity index (χ1) is 11.6. The summed E-state index contributed by atoms with van der Waals surface area (Å²) in [6.07, 6.45) is 1.34. The van der Waals surface area contributed by atoms with E-state index in [1.165, 1.54) is 11.2 Å². The zero-order valence-corrected chi connectivity index (χ0v) is 13.6. The predicted octanol–water partition coefficient (Wildman–Crippen LogP) is 3.43. The minimum absolute atomic E-state index is 0.165. The molecule has 0 atom stereocenters. The number of nitrogens with zero attached hydrogens (tertiary/aromatic N) is 2. The second-order valence-electron chi connectivity index (χ2n) is 5.40. The van der Waals surface area contributed by atoms with E-state index in [1.54, 1.807) is 7.05 Å². The molecule has 0 radical (unpaired) electrons. The largest absolute Gasteiger partial charge is 0.484 e. The molecule has 2 heterocycles. The molecule has 0 aliphatic carbocycles. The van der Waals surface area contributed by atoms with Crippen molar-refractivity contribution in [3.63, 3.8) is 0 Å². The van der Waals surface area contributed by atoms with Gasteiger partial charge < -0.3 is 18.5 Å². The van der Waals surface area contributed by atoms with E-state index in [0.717, 1.165) is 11.5 Å². The number of ether oxygens (including phenoxy) is 1. The van der Waals surface area contributed by atoms with Crippen LogP contribution in [0.5, 0.6) is 5.75 Å². The van der Waals surface area contributed by atoms with Gasteiger partial charge >= 0.3 is 0 Å². The number of furan rings is 1. The molecule has 1 aromatic carbocycles. The van der Waals surface area contributed by atoms with Crippen LogP contribution in [0.25, 0.3) is 0 Å². The Morgan fingerprint density at radius 2 is 2.00 bits per heavy atom. The van der Waals surface area contributed by atoms with Gasteiger partial charge in [-0.15, -0.1) is 0 Å². The lowest BCUT2D eigenvalue weighted by molar-refractivity contribution is 0.0769. The number of benzene rings is 1. The summed E-state index contributed by atoms with van der Waals surface area (Å²) in [7, 11) is 1.69. The van der Waals surface area contributed by atoms with Gasteiger partial charge in [0.2, 0.25) is 5.89 Å². The van der Waals surface area contributed by atoms with Gasteiger partial charge in [-0.2, -0.15) is 0 Å². The lowest BCUT2D eigenvalue weighted by Crippen LogP contribution is -2.26. The van der Waals surface area contributed by atoms with Crippen LogP contribution in [-0.4, -0.2) is 22.8 Å². The van der Waals surface area contributed by atoms with Crippen LogP contribution in [0, 0.1) is 6.92 Å². The normalized spacial score (nSPS) is 10.6. The molecule has 0 spiro atoms. The standard InChI is InChI=1S/C18H18N2O4/c1-13-8-9-15(24-13)10-20(2)18(21)16-11-23-17(19-16)12-22-14-6-4-3-5-7-14/h3-9,11H,10,12H2,1-2H3. The molecule has 0 saturated carbocycles. The molecule has 124 valence electrons. The van der Waals surface area contributed by atoms with Crippen molar-refractivity contribution in [3.05, 3.63) is 71.8 Å². The van der Waals surface area contributed by atoms with Gasteiger partial charge in [0.05, 0.1) is 6.54 Å². The highest BCUT2D eigenvalue weighted by Gasteiger charge is 2.18. The van der Waals surface area contributed by atoms with Crippen molar-refractivity contribution in [2.75, 3.05) is 7.05 Å². The average Bonchev–Trinajstić information content (AvgIpc) is 3.22. The number of para-hydroxylation sites is 1. The van der Waals surface area contributed by atoms with Gasteiger partial charge in [-0.1, -0.05) is 18.2 Å². The lowest BCUT2D eigenvalue weighted by atomic mass is 10.3. The maximum absolute atomic E-state index is 12.4. The van der Waals surface area contributed by atoms with Crippen LogP contribution in [0.1, 0.15) is 27.9 Å². The van der Waals surface area contributed by atoms with E-state index in [2.05, 4.69) is 4.98 Å². The van der Waals surface area contributed by atoms with Crippen LogP contribution >= 0.6 is 0 Å². The fraction of sp³-hybridized carbons (Fsp3) is 0.222. The number of rotatable bonds is 6. The molecule has 2 aromatic heterocycles. The Morgan fingerprint density at radius 3 is 2.71 bits per heavy atom. The summed E-state index contributed by atoms with van der Waals surface area (Å²) in [6.45, 7) is 2.40. The van der Waals surface area contributed by atoms with Crippen molar-refractivity contribution >= 4 is 5.91 Å². The fourth-order valence-corrected chi connectivity index (χ4v) is 2.21. The summed E-state index contributed by atoms with van der Waals surface area (Å²) in [4.78, 5) is 18.1. The second-order valence-corrected chi connectivity index (χ2v) is 5.40. The summed E-state index contributed by atoms with van der Waals surface area (Å²) in [5, 5.41) is 0. The van der Waals surface area contributed by atoms with Crippen molar-refractivity contribution < 1.29 is 18.4 Å². The predicted molar refractivity (Wildman–Crippen MR) is 86.5 cm³/mol. The number of hydrogen-bond donors (Lipinski definition) is 0. The Labute approximate surface area is 139 Å². The smallest absolute Gasteiger partial charge is 0.275 e. The maximum Gasteiger partial charge on any atom is 0.275 e. The first-order valence-electron chi connectivity index (χ1n) is 7.55. The van der Waals surface area contributed by atoms with Gasteiger partial charge in [0, 0.05) is 7.05 Å². The third kappa shape index (κ3) is 3.84. The van der Waals surface area contributed by atoms with E-state index < -0.39 is 0 Å². The van der Waals surface area contributed by atoms with Crippen molar-refractivity contribution in [1.29, 1.82) is 0 Å². The number of aromatic nitrogens is 1. The van der Waals surface area contributed by atoms with Crippen LogP contribution in [0.4, 0.5) is 0 Å². The molecular formula is C18H18N2O4. The molecule has 0 fully saturated rings. The molecule has 0 bridgehead atoms. The Kier molecular flexibility index (Phi) is 4.65. The maximum atomic E-state index is 12.4. The minimum Gasteiger partial charge on any atom is -0.484 e. The third-order valence-corrected chi connectivity index (χ3v) is 3.41. The van der Waals surface area contributed by atoms with E-state index in [-0.39, 0.29) is 18.2 Å². The molecule has 24 heavy (non-hydrogen) atoms. The molecule has 1 amide bonds. The number of carbonyl (C=O) groups excluding carboxylic acids is 1. The quantitative estimate of drug-likeness (QED) is 0.694. The van der Waals surface area contributed by atoms with E-state index in [0.29, 0.717) is 18.2 Å². The highest BCUT2D eigenvalue weighted by atomic mass is 16.5. The zero-order valence-electron chi connectivity index (χ0n) is 13.6. The van der Waals surface area contributed by atoms with Crippen molar-refractivity contribution in [2.45, 2.75) is 20.1 Å². The van der Waals surface area contributed by atoms with Crippen LogP contribution in [0.2, 0.25) is 0 Å². The highest BCUT2D eigenvalue weighted by molar-refractivity contribution is 5.91. The second kappa shape index (κ2) is 7.04. The number of amides is 1. The number of aryl methyl sites for hydroxylation is 1. The molecule has 0 N–H and O–H groups in total. The van der Waals surface area contributed by atoms with Gasteiger partial charge in [0.15, 0.2) is 12.3 Å². The van der Waals surface area contributed by atoms with Gasteiger partial charge in [0.1, 0.15) is 23.5 Å². The fourth-order valence-electron chi connectivity index (χ4n) is 2.21. The van der Waals surface area contributed by atoms with Gasteiger partial charge in [0.25, 0.3) is 5.91 Å². The topological polar surface area (TPSA) is 68.7 Å². The highest BCUT2D eigenvalue weighted by Crippen LogP contribution is 2.14. The van der Waals surface area contributed by atoms with Gasteiger partial charge in [-0.25, -0.2) is 4.98 Å². The molecule has 6 heteroatoms. The monoisotopic (exact) mass is 326 g/mol. The van der Waals surface area contributed by atoms with Crippen LogP contribution in [0.15, 0.2) is 57.6 Å². The first-order valence-corrected chi connectivity index (χ1v) is 7.55. The van der Waals surface area contributed by atoms with E-state index in [9.17, 15) is 4.79 Å². The van der Waals surface area contributed by atoms with Crippen LogP contribution in [0.3, 0.4) is 0 Å². The Morgan fingerprint density at radius 1 is 1.21 bits per heavy atom. The Bertz CT molecular complexity index is 807. The number of oxazole rings is 1. The molecular weight excluding hydrogens is 308 g/mol. The molecule has 3 aromatic rings. The third-order valence-electron chi connectivity index (χ3n) is 3.41. The Hall–Kier alpha value is -3.02. The summed E-state index contributed by atoms with van der Waals surface area (Å²) >= 11 is 0. The van der Waals surface area contributed by atoms with Crippen molar-refractivity contribution in [2.24, 2.45) is 0 Å². The molecule has 0 saturated heterocycles. The van der Waals surface area contributed by atoms with Crippen LogP contribution < -0.4 is 4.74 Å². The van der Waals surface area contributed by atoms with Gasteiger partial charge in [-0.05, 0) is 31.2 Å². The van der Waals surface area contributed by atoms with Crippen LogP contribution in [-0.2, 0) is 13.2 Å². The summed E-state index contributed by atoms with van der Waals surface area (Å²) in [6, 6.07) is 13.1. The van der Waals surface area contributed by atoms with E-state index >= 15 is 0 Å². The lowest BCUT2D eigenvalue weighted by Gasteiger charge is -2.13. The molecule has 6 nitrogen and oxygen atoms in total.